The third kappa shape index (κ3) is 7.35. The van der Waals surface area contributed by atoms with Crippen molar-refractivity contribution in [2.45, 2.75) is 25.2 Å². The van der Waals surface area contributed by atoms with Crippen molar-refractivity contribution in [3.05, 3.63) is 74.9 Å². The lowest BCUT2D eigenvalue weighted by molar-refractivity contribution is 0.0954. The highest BCUT2D eigenvalue weighted by Gasteiger charge is 2.22. The summed E-state index contributed by atoms with van der Waals surface area (Å²) in [5.41, 5.74) is 4.29. The summed E-state index contributed by atoms with van der Waals surface area (Å²) in [6, 6.07) is 14.4. The van der Waals surface area contributed by atoms with Crippen LogP contribution in [0.1, 0.15) is 34.8 Å². The fourth-order valence-corrected chi connectivity index (χ4v) is 4.97. The van der Waals surface area contributed by atoms with Crippen LogP contribution in [0.25, 0.3) is 0 Å². The molecule has 9 nitrogen and oxygen atoms in total. The van der Waals surface area contributed by atoms with Crippen molar-refractivity contribution in [1.82, 2.24) is 5.43 Å². The number of benzene rings is 3. The van der Waals surface area contributed by atoms with Crippen LogP contribution in [0.4, 0.5) is 0 Å². The highest BCUT2D eigenvalue weighted by molar-refractivity contribution is 14.1. The van der Waals surface area contributed by atoms with Crippen molar-refractivity contribution >= 4 is 44.8 Å². The summed E-state index contributed by atoms with van der Waals surface area (Å²) in [6.45, 7) is 4.40. The van der Waals surface area contributed by atoms with E-state index in [0.29, 0.717) is 32.8 Å². The summed E-state index contributed by atoms with van der Waals surface area (Å²) in [7, 11) is -1.16. The van der Waals surface area contributed by atoms with Gasteiger partial charge in [0.15, 0.2) is 23.0 Å². The van der Waals surface area contributed by atoms with E-state index in [1.54, 1.807) is 42.5 Å². The number of hydrogen-bond acceptors (Lipinski definition) is 8. The highest BCUT2D eigenvalue weighted by atomic mass is 127. The number of methoxy groups -OCH3 is 2. The Bertz CT molecular complexity index is 1390. The van der Waals surface area contributed by atoms with Crippen molar-refractivity contribution < 1.29 is 31.6 Å². The van der Waals surface area contributed by atoms with E-state index in [4.69, 9.17) is 18.4 Å². The minimum atomic E-state index is -4.07. The Hall–Kier alpha value is -3.32. The van der Waals surface area contributed by atoms with E-state index in [2.05, 4.69) is 10.5 Å². The number of rotatable bonds is 11. The van der Waals surface area contributed by atoms with Gasteiger partial charge >= 0.3 is 10.1 Å². The van der Waals surface area contributed by atoms with Gasteiger partial charge < -0.3 is 18.4 Å². The van der Waals surface area contributed by atoms with Gasteiger partial charge in [0.1, 0.15) is 4.90 Å². The first-order chi connectivity index (χ1) is 17.7. The molecule has 0 radical (unpaired) electrons. The van der Waals surface area contributed by atoms with Gasteiger partial charge in [-0.2, -0.15) is 13.5 Å². The molecule has 0 fully saturated rings. The maximum Gasteiger partial charge on any atom is 0.339 e. The number of ether oxygens (including phenoxy) is 3. The van der Waals surface area contributed by atoms with Crippen LogP contribution in [-0.2, 0) is 10.1 Å². The van der Waals surface area contributed by atoms with Crippen LogP contribution in [0, 0.1) is 10.5 Å². The summed E-state index contributed by atoms with van der Waals surface area (Å²) in [6.07, 6.45) is 2.26. The Kier molecular flexibility index (Phi) is 9.75. The third-order valence-corrected chi connectivity index (χ3v) is 7.06. The van der Waals surface area contributed by atoms with Crippen LogP contribution >= 0.6 is 22.6 Å². The second kappa shape index (κ2) is 12.8. The molecule has 3 rings (SSSR count). The van der Waals surface area contributed by atoms with Crippen molar-refractivity contribution in [2.24, 2.45) is 5.10 Å². The van der Waals surface area contributed by atoms with Gasteiger partial charge in [0.2, 0.25) is 0 Å². The molecule has 0 aromatic heterocycles. The summed E-state index contributed by atoms with van der Waals surface area (Å²) >= 11 is 1.95. The first-order valence-corrected chi connectivity index (χ1v) is 13.7. The molecule has 196 valence electrons. The lowest BCUT2D eigenvalue weighted by Gasteiger charge is -2.13. The molecule has 3 aromatic rings. The molecular weight excluding hydrogens is 611 g/mol. The molecule has 0 saturated carbocycles. The van der Waals surface area contributed by atoms with Gasteiger partial charge in [0.05, 0.1) is 30.6 Å². The monoisotopic (exact) mass is 638 g/mol. The van der Waals surface area contributed by atoms with Crippen LogP contribution in [0.3, 0.4) is 0 Å². The highest BCUT2D eigenvalue weighted by Crippen LogP contribution is 2.35. The molecule has 0 atom stereocenters. The summed E-state index contributed by atoms with van der Waals surface area (Å²) in [5.74, 6) is 0.811. The van der Waals surface area contributed by atoms with E-state index in [0.717, 1.165) is 12.0 Å². The Morgan fingerprint density at radius 2 is 1.70 bits per heavy atom. The summed E-state index contributed by atoms with van der Waals surface area (Å²) < 4.78 is 47.6. The molecule has 0 unspecified atom stereocenters. The lowest BCUT2D eigenvalue weighted by atomic mass is 10.2. The minimum Gasteiger partial charge on any atom is -0.493 e. The molecule has 0 spiro atoms. The number of aryl methyl sites for hydroxylation is 1. The van der Waals surface area contributed by atoms with Gasteiger partial charge in [0.25, 0.3) is 5.91 Å². The van der Waals surface area contributed by atoms with E-state index in [1.165, 1.54) is 32.6 Å². The van der Waals surface area contributed by atoms with Crippen molar-refractivity contribution in [3.8, 4) is 23.0 Å². The van der Waals surface area contributed by atoms with Crippen LogP contribution in [0.15, 0.2) is 64.6 Å². The number of carbonyl (C=O) groups excluding carboxylic acids is 1. The Labute approximate surface area is 230 Å². The smallest absolute Gasteiger partial charge is 0.339 e. The predicted octanol–water partition coefficient (Wildman–Crippen LogP) is 4.94. The molecule has 0 aliphatic rings. The number of nitrogens with zero attached hydrogens (tertiary/aromatic N) is 1. The average molecular weight is 638 g/mol. The molecule has 3 aromatic carbocycles. The normalized spacial score (nSPS) is 11.3. The molecule has 11 heteroatoms. The number of amides is 1. The van der Waals surface area contributed by atoms with Crippen molar-refractivity contribution in [2.75, 3.05) is 20.8 Å². The van der Waals surface area contributed by atoms with E-state index < -0.39 is 16.0 Å². The first-order valence-electron chi connectivity index (χ1n) is 11.2. The van der Waals surface area contributed by atoms with E-state index in [9.17, 15) is 13.2 Å². The fourth-order valence-electron chi connectivity index (χ4n) is 3.13. The largest absolute Gasteiger partial charge is 0.493 e. The van der Waals surface area contributed by atoms with E-state index >= 15 is 0 Å². The Balaban J connectivity index is 1.75. The summed E-state index contributed by atoms with van der Waals surface area (Å²) in [4.78, 5) is 12.6. The Morgan fingerprint density at radius 3 is 2.35 bits per heavy atom. The van der Waals surface area contributed by atoms with Crippen molar-refractivity contribution in [3.63, 3.8) is 0 Å². The minimum absolute atomic E-state index is 0.0332. The fraction of sp³-hybridized carbons (Fsp3) is 0.231. The zero-order valence-corrected chi connectivity index (χ0v) is 23.8. The van der Waals surface area contributed by atoms with Crippen LogP contribution in [-0.4, -0.2) is 41.4 Å². The standard InChI is InChI=1S/C26H27IN2O7S/c1-5-12-35-22-11-8-19(15-23(22)33-3)26(30)29-28-16-18-13-21(27)25(24(14-18)34-4)36-37(31,32)20-9-6-17(2)7-10-20/h6-11,13-16H,5,12H2,1-4H3,(H,29,30)/b28-16+. The van der Waals surface area contributed by atoms with E-state index in [-0.39, 0.29) is 16.4 Å². The second-order valence-electron chi connectivity index (χ2n) is 7.80. The SMILES string of the molecule is CCCOc1ccc(C(=O)N/N=C/c2cc(I)c(OS(=O)(=O)c3ccc(C)cc3)c(OC)c2)cc1OC. The van der Waals surface area contributed by atoms with Gasteiger partial charge in [-0.25, -0.2) is 5.43 Å². The van der Waals surface area contributed by atoms with Crippen LogP contribution < -0.4 is 23.8 Å². The molecular formula is C26H27IN2O7S. The molecule has 0 aliphatic heterocycles. The number of carbonyl (C=O) groups is 1. The average Bonchev–Trinajstić information content (AvgIpc) is 2.88. The maximum atomic E-state index is 12.7. The van der Waals surface area contributed by atoms with Gasteiger partial charge in [-0.3, -0.25) is 4.79 Å². The van der Waals surface area contributed by atoms with Gasteiger partial charge in [-0.15, -0.1) is 0 Å². The molecule has 0 saturated heterocycles. The molecule has 0 bridgehead atoms. The van der Waals surface area contributed by atoms with Gasteiger partial charge in [-0.1, -0.05) is 24.6 Å². The second-order valence-corrected chi connectivity index (χ2v) is 10.5. The predicted molar refractivity (Wildman–Crippen MR) is 149 cm³/mol. The van der Waals surface area contributed by atoms with Crippen molar-refractivity contribution in [1.29, 1.82) is 0 Å². The van der Waals surface area contributed by atoms with Crippen LogP contribution in [0.5, 0.6) is 23.0 Å². The summed E-state index contributed by atoms with van der Waals surface area (Å²) in [5, 5.41) is 4.01. The molecule has 0 heterocycles. The topological polar surface area (TPSA) is 113 Å². The number of halogens is 1. The Morgan fingerprint density at radius 1 is 1.00 bits per heavy atom. The molecule has 0 aliphatic carbocycles. The third-order valence-electron chi connectivity index (χ3n) is 5.02. The lowest BCUT2D eigenvalue weighted by Crippen LogP contribution is -2.17. The quantitative estimate of drug-likeness (QED) is 0.137. The molecule has 1 amide bonds. The molecule has 37 heavy (non-hydrogen) atoms. The zero-order valence-electron chi connectivity index (χ0n) is 20.8. The maximum absolute atomic E-state index is 12.7. The number of nitrogens with one attached hydrogen (secondary N) is 1. The number of hydrazone groups is 1. The van der Waals surface area contributed by atoms with Gasteiger partial charge in [-0.05, 0) is 84.0 Å². The number of hydrogen-bond donors (Lipinski definition) is 1. The van der Waals surface area contributed by atoms with Gasteiger partial charge in [0, 0.05) is 5.56 Å². The first kappa shape index (κ1) is 28.3. The zero-order chi connectivity index (χ0) is 27.0. The van der Waals surface area contributed by atoms with Crippen LogP contribution in [0.2, 0.25) is 0 Å². The van der Waals surface area contributed by atoms with E-state index in [1.807, 2.05) is 36.4 Å². The molecule has 1 N–H and O–H groups in total.